The van der Waals surface area contributed by atoms with Gasteiger partial charge in [-0.3, -0.25) is 4.79 Å². The van der Waals surface area contributed by atoms with Crippen molar-refractivity contribution in [3.63, 3.8) is 0 Å². The summed E-state index contributed by atoms with van der Waals surface area (Å²) in [7, 11) is -3.51. The lowest BCUT2D eigenvalue weighted by molar-refractivity contribution is -0.154. The van der Waals surface area contributed by atoms with Crippen LogP contribution in [0.4, 0.5) is 8.78 Å². The van der Waals surface area contributed by atoms with Gasteiger partial charge in [-0.2, -0.15) is 13.1 Å². The molecule has 1 aliphatic carbocycles. The summed E-state index contributed by atoms with van der Waals surface area (Å²) in [5.74, 6) is -3.26. The van der Waals surface area contributed by atoms with Crippen LogP contribution in [0.5, 0.6) is 17.2 Å². The highest BCUT2D eigenvalue weighted by Gasteiger charge is 2.56. The molecule has 3 fully saturated rings. The highest BCUT2D eigenvalue weighted by molar-refractivity contribution is 7.89. The monoisotopic (exact) mass is 689 g/mol. The molecule has 1 amide bonds. The molecule has 8 nitrogen and oxygen atoms in total. The fourth-order valence-corrected chi connectivity index (χ4v) is 9.07. The number of fused-ring (bicyclic) bond motifs is 3. The maximum atomic E-state index is 16.9. The average Bonchev–Trinajstić information content (AvgIpc) is 3.70. The van der Waals surface area contributed by atoms with Crippen LogP contribution < -0.4 is 15.2 Å². The van der Waals surface area contributed by atoms with Crippen molar-refractivity contribution in [1.29, 1.82) is 0 Å². The first-order valence-corrected chi connectivity index (χ1v) is 18.4. The Labute approximate surface area is 285 Å². The van der Waals surface area contributed by atoms with E-state index in [-0.39, 0.29) is 29.1 Å². The van der Waals surface area contributed by atoms with E-state index >= 15 is 8.78 Å². The SMILES string of the molecule is CN([C@H](C(=O)N1C2CCC1CC(N)C2)C(F)(F)c1ccc(Oc2ccccc2)cc1)S(=O)(=O)c1ccc2cc(OC3CCCC3)ccc2c1. The third-order valence-corrected chi connectivity index (χ3v) is 12.1. The molecule has 3 aliphatic rings. The number of nitrogens with two attached hydrogens (primary N) is 1. The van der Waals surface area contributed by atoms with E-state index in [1.807, 2.05) is 12.1 Å². The van der Waals surface area contributed by atoms with E-state index in [1.54, 1.807) is 42.5 Å². The highest BCUT2D eigenvalue weighted by atomic mass is 32.2. The molecular formula is C38H41F2N3O5S. The number of hydrogen-bond acceptors (Lipinski definition) is 6. The van der Waals surface area contributed by atoms with Gasteiger partial charge >= 0.3 is 0 Å². The summed E-state index contributed by atoms with van der Waals surface area (Å²) in [5.41, 5.74) is 5.73. The second-order valence-electron chi connectivity index (χ2n) is 13.5. The molecule has 2 unspecified atom stereocenters. The van der Waals surface area contributed by atoms with E-state index < -0.39 is 33.5 Å². The number of sulfonamides is 1. The van der Waals surface area contributed by atoms with Crippen molar-refractivity contribution in [2.24, 2.45) is 5.73 Å². The molecule has 0 aromatic heterocycles. The van der Waals surface area contributed by atoms with Gasteiger partial charge in [0.25, 0.3) is 5.92 Å². The molecule has 0 radical (unpaired) electrons. The van der Waals surface area contributed by atoms with E-state index in [1.165, 1.54) is 41.3 Å². The fraction of sp³-hybridized carbons (Fsp3) is 0.395. The number of amides is 1. The molecule has 2 aliphatic heterocycles. The van der Waals surface area contributed by atoms with Crippen molar-refractivity contribution in [3.8, 4) is 17.2 Å². The Kier molecular flexibility index (Phi) is 9.10. The van der Waals surface area contributed by atoms with Gasteiger partial charge in [0.05, 0.1) is 11.0 Å². The molecule has 7 rings (SSSR count). The minimum atomic E-state index is -4.58. The van der Waals surface area contributed by atoms with Crippen LogP contribution in [0.3, 0.4) is 0 Å². The predicted molar refractivity (Wildman–Crippen MR) is 183 cm³/mol. The first-order valence-electron chi connectivity index (χ1n) is 17.0. The number of halogens is 2. The van der Waals surface area contributed by atoms with Gasteiger partial charge < -0.3 is 20.1 Å². The van der Waals surface area contributed by atoms with E-state index in [0.717, 1.165) is 38.1 Å². The van der Waals surface area contributed by atoms with Gasteiger partial charge in [0.1, 0.15) is 17.2 Å². The van der Waals surface area contributed by atoms with E-state index in [9.17, 15) is 13.2 Å². The molecule has 0 spiro atoms. The quantitative estimate of drug-likeness (QED) is 0.189. The lowest BCUT2D eigenvalue weighted by Crippen LogP contribution is -2.61. The number of nitrogens with zero attached hydrogens (tertiary/aromatic N) is 2. The maximum Gasteiger partial charge on any atom is 0.298 e. The van der Waals surface area contributed by atoms with Crippen LogP contribution in [-0.4, -0.2) is 60.8 Å². The lowest BCUT2D eigenvalue weighted by atomic mass is 9.94. The van der Waals surface area contributed by atoms with Crippen LogP contribution in [0.15, 0.2) is 95.9 Å². The molecule has 2 saturated heterocycles. The molecule has 2 N–H and O–H groups in total. The molecule has 11 heteroatoms. The summed E-state index contributed by atoms with van der Waals surface area (Å²) >= 11 is 0. The Morgan fingerprint density at radius 3 is 2.10 bits per heavy atom. The van der Waals surface area contributed by atoms with E-state index in [2.05, 4.69) is 0 Å². The normalized spacial score (nSPS) is 22.1. The first-order chi connectivity index (χ1) is 23.5. The van der Waals surface area contributed by atoms with E-state index in [4.69, 9.17) is 15.2 Å². The van der Waals surface area contributed by atoms with Gasteiger partial charge in [-0.25, -0.2) is 8.42 Å². The number of carbonyl (C=O) groups excluding carboxylic acids is 1. The van der Waals surface area contributed by atoms with Crippen LogP contribution in [0, 0.1) is 0 Å². The third kappa shape index (κ3) is 6.63. The van der Waals surface area contributed by atoms with Crippen LogP contribution in [0.25, 0.3) is 10.8 Å². The molecule has 2 bridgehead atoms. The zero-order valence-electron chi connectivity index (χ0n) is 27.4. The highest BCUT2D eigenvalue weighted by Crippen LogP contribution is 2.43. The van der Waals surface area contributed by atoms with Crippen molar-refractivity contribution >= 4 is 26.7 Å². The molecule has 2 heterocycles. The number of likely N-dealkylation sites (N-methyl/N-ethyl adjacent to an activating group) is 1. The van der Waals surface area contributed by atoms with Crippen LogP contribution >= 0.6 is 0 Å². The Balaban J connectivity index is 1.21. The molecule has 1 saturated carbocycles. The van der Waals surface area contributed by atoms with Crippen LogP contribution in [0.1, 0.15) is 56.9 Å². The minimum absolute atomic E-state index is 0.138. The number of piperidine rings is 1. The van der Waals surface area contributed by atoms with Crippen molar-refractivity contribution in [1.82, 2.24) is 9.21 Å². The fourth-order valence-electron chi connectivity index (χ4n) is 7.73. The third-order valence-electron chi connectivity index (χ3n) is 10.2. The smallest absolute Gasteiger partial charge is 0.298 e. The first kappa shape index (κ1) is 33.4. The Morgan fingerprint density at radius 2 is 1.43 bits per heavy atom. The number of alkyl halides is 2. The largest absolute Gasteiger partial charge is 0.490 e. The molecule has 4 aromatic carbocycles. The zero-order chi connectivity index (χ0) is 34.3. The van der Waals surface area contributed by atoms with Gasteiger partial charge in [-0.15, -0.1) is 0 Å². The Bertz CT molecular complexity index is 1910. The average molecular weight is 690 g/mol. The van der Waals surface area contributed by atoms with Gasteiger partial charge in [-0.05, 0) is 123 Å². The molecule has 49 heavy (non-hydrogen) atoms. The molecular weight excluding hydrogens is 648 g/mol. The number of benzene rings is 4. The van der Waals surface area contributed by atoms with Crippen molar-refractivity contribution < 1.29 is 31.5 Å². The number of rotatable bonds is 10. The maximum absolute atomic E-state index is 16.9. The molecule has 4 aromatic rings. The summed E-state index contributed by atoms with van der Waals surface area (Å²) in [6.07, 6.45) is 6.70. The van der Waals surface area contributed by atoms with Gasteiger partial charge in [0.15, 0.2) is 6.04 Å². The van der Waals surface area contributed by atoms with Crippen LogP contribution in [0.2, 0.25) is 0 Å². The van der Waals surface area contributed by atoms with Crippen LogP contribution in [-0.2, 0) is 20.7 Å². The van der Waals surface area contributed by atoms with Crippen molar-refractivity contribution in [2.75, 3.05) is 7.05 Å². The van der Waals surface area contributed by atoms with Gasteiger partial charge in [0.2, 0.25) is 15.9 Å². The summed E-state index contributed by atoms with van der Waals surface area (Å²) < 4.78 is 74.6. The number of ether oxygens (including phenoxy) is 2. The molecule has 3 atom stereocenters. The second kappa shape index (κ2) is 13.3. The Morgan fingerprint density at radius 1 is 0.837 bits per heavy atom. The van der Waals surface area contributed by atoms with Gasteiger partial charge in [-0.1, -0.05) is 30.3 Å². The summed E-state index contributed by atoms with van der Waals surface area (Å²) in [5, 5.41) is 1.37. The number of para-hydroxylation sites is 1. The standard InChI is InChI=1S/C38H41F2N3O5S/c1-42(49(45,46)35-20-12-25-21-34(17-11-26(25)22-35)48-32-9-5-6-10-32)36(37(44)43-29-15-16-30(43)24-28(41)23-29)38(39,40)27-13-18-33(19-14-27)47-31-7-3-2-4-8-31/h2-4,7-8,11-14,17-22,28-30,32,36H,5-6,9-10,15-16,23-24,41H2,1H3/t28?,29?,30?,36-/m1/s1. The zero-order valence-corrected chi connectivity index (χ0v) is 28.2. The van der Waals surface area contributed by atoms with Crippen molar-refractivity contribution in [2.45, 2.75) is 92.5 Å². The van der Waals surface area contributed by atoms with Crippen molar-refractivity contribution in [3.05, 3.63) is 96.6 Å². The predicted octanol–water partition coefficient (Wildman–Crippen LogP) is 7.22. The van der Waals surface area contributed by atoms with Gasteiger partial charge in [0, 0.05) is 30.7 Å². The van der Waals surface area contributed by atoms with E-state index in [0.29, 0.717) is 52.6 Å². The summed E-state index contributed by atoms with van der Waals surface area (Å²) in [6, 6.07) is 20.9. The number of carbonyl (C=O) groups is 1. The summed E-state index contributed by atoms with van der Waals surface area (Å²) in [4.78, 5) is 15.7. The lowest BCUT2D eigenvalue weighted by Gasteiger charge is -2.42. The minimum Gasteiger partial charge on any atom is -0.490 e. The summed E-state index contributed by atoms with van der Waals surface area (Å²) in [6.45, 7) is 0. The second-order valence-corrected chi connectivity index (χ2v) is 15.5. The number of hydrogen-bond donors (Lipinski definition) is 1. The Hall–Kier alpha value is -4.06. The topological polar surface area (TPSA) is 102 Å². The molecule has 258 valence electrons.